The molecule has 0 aliphatic carbocycles. The summed E-state index contributed by atoms with van der Waals surface area (Å²) in [6, 6.07) is 20.7. The molecule has 1 aliphatic rings. The van der Waals surface area contributed by atoms with E-state index in [-0.39, 0.29) is 6.03 Å². The summed E-state index contributed by atoms with van der Waals surface area (Å²) in [5, 5.41) is 5.47. The number of carbonyl (C=O) groups is 1. The first-order chi connectivity index (χ1) is 16.6. The number of hydrogen-bond acceptors (Lipinski definition) is 4. The minimum Gasteiger partial charge on any atom is -0.494 e. The second-order valence-corrected chi connectivity index (χ2v) is 8.55. The van der Waals surface area contributed by atoms with Crippen LogP contribution in [0.25, 0.3) is 16.5 Å². The average molecular weight is 456 g/mol. The molecule has 3 aromatic carbocycles. The summed E-state index contributed by atoms with van der Waals surface area (Å²) in [6.45, 7) is 5.38. The van der Waals surface area contributed by atoms with Crippen molar-refractivity contribution in [3.8, 4) is 11.4 Å². The van der Waals surface area contributed by atoms with E-state index in [9.17, 15) is 4.79 Å². The van der Waals surface area contributed by atoms with Gasteiger partial charge in [-0.1, -0.05) is 42.5 Å². The van der Waals surface area contributed by atoms with Crippen molar-refractivity contribution in [2.75, 3.05) is 38.2 Å². The Morgan fingerprint density at radius 2 is 1.82 bits per heavy atom. The van der Waals surface area contributed by atoms with Gasteiger partial charge in [0, 0.05) is 50.7 Å². The Morgan fingerprint density at radius 1 is 1.03 bits per heavy atom. The number of methoxy groups -OCH3 is 1. The number of ether oxygens (including phenoxy) is 1. The molecule has 1 aliphatic heterocycles. The molecule has 0 unspecified atom stereocenters. The van der Waals surface area contributed by atoms with Gasteiger partial charge < -0.3 is 24.4 Å². The van der Waals surface area contributed by atoms with Crippen molar-refractivity contribution in [2.24, 2.45) is 0 Å². The van der Waals surface area contributed by atoms with Crippen LogP contribution in [-0.4, -0.2) is 53.8 Å². The molecule has 5 rings (SSSR count). The second kappa shape index (κ2) is 9.47. The van der Waals surface area contributed by atoms with Crippen LogP contribution in [0.4, 0.5) is 10.5 Å². The zero-order chi connectivity index (χ0) is 23.5. The lowest BCUT2D eigenvalue weighted by Gasteiger charge is -2.36. The molecular formula is C27H29N5O2. The third-order valence-electron chi connectivity index (χ3n) is 6.40. The highest BCUT2D eigenvalue weighted by atomic mass is 16.5. The minimum atomic E-state index is -0.0176. The van der Waals surface area contributed by atoms with Crippen molar-refractivity contribution in [3.63, 3.8) is 0 Å². The molecule has 2 heterocycles. The van der Waals surface area contributed by atoms with Gasteiger partial charge in [-0.25, -0.2) is 9.78 Å². The van der Waals surface area contributed by atoms with Crippen LogP contribution in [0, 0.1) is 6.92 Å². The largest absolute Gasteiger partial charge is 0.494 e. The number of amides is 2. The highest BCUT2D eigenvalue weighted by Crippen LogP contribution is 2.29. The van der Waals surface area contributed by atoms with Crippen molar-refractivity contribution in [1.29, 1.82) is 0 Å². The SMILES string of the molecule is COc1cc(N2CCN(C(=O)NCc3cccc4ccccc34)CC2)ccc1-n1cnc(C)c1. The van der Waals surface area contributed by atoms with Crippen LogP contribution < -0.4 is 15.0 Å². The van der Waals surface area contributed by atoms with Crippen molar-refractivity contribution < 1.29 is 9.53 Å². The number of anilines is 1. The molecule has 7 heteroatoms. The van der Waals surface area contributed by atoms with Gasteiger partial charge in [0.15, 0.2) is 0 Å². The van der Waals surface area contributed by atoms with E-state index in [0.717, 1.165) is 41.5 Å². The minimum absolute atomic E-state index is 0.0176. The Labute approximate surface area is 199 Å². The Bertz CT molecular complexity index is 1300. The normalized spacial score (nSPS) is 13.8. The maximum Gasteiger partial charge on any atom is 0.317 e. The number of hydrogen-bond donors (Lipinski definition) is 1. The number of rotatable bonds is 5. The molecule has 1 fully saturated rings. The monoisotopic (exact) mass is 455 g/mol. The molecule has 1 N–H and O–H groups in total. The van der Waals surface area contributed by atoms with Crippen LogP contribution in [0.5, 0.6) is 5.75 Å². The predicted molar refractivity (Wildman–Crippen MR) is 135 cm³/mol. The summed E-state index contributed by atoms with van der Waals surface area (Å²) < 4.78 is 7.62. The number of aromatic nitrogens is 2. The Morgan fingerprint density at radius 3 is 2.59 bits per heavy atom. The summed E-state index contributed by atoms with van der Waals surface area (Å²) in [4.78, 5) is 21.3. The van der Waals surface area contributed by atoms with Gasteiger partial charge in [0.25, 0.3) is 0 Å². The molecule has 1 aromatic heterocycles. The third kappa shape index (κ3) is 4.41. The first-order valence-electron chi connectivity index (χ1n) is 11.6. The molecule has 34 heavy (non-hydrogen) atoms. The lowest BCUT2D eigenvalue weighted by atomic mass is 10.0. The van der Waals surface area contributed by atoms with E-state index in [4.69, 9.17) is 4.74 Å². The van der Waals surface area contributed by atoms with E-state index >= 15 is 0 Å². The summed E-state index contributed by atoms with van der Waals surface area (Å²) in [6.07, 6.45) is 3.77. The van der Waals surface area contributed by atoms with Crippen LogP contribution in [0.2, 0.25) is 0 Å². The number of benzene rings is 3. The van der Waals surface area contributed by atoms with Gasteiger partial charge in [-0.3, -0.25) is 0 Å². The van der Waals surface area contributed by atoms with E-state index in [1.807, 2.05) is 40.8 Å². The number of nitrogens with zero attached hydrogens (tertiary/aromatic N) is 4. The van der Waals surface area contributed by atoms with Crippen LogP contribution in [-0.2, 0) is 6.54 Å². The quantitative estimate of drug-likeness (QED) is 0.485. The van der Waals surface area contributed by atoms with Crippen molar-refractivity contribution in [1.82, 2.24) is 19.8 Å². The molecule has 0 atom stereocenters. The van der Waals surface area contributed by atoms with E-state index in [1.165, 1.54) is 10.8 Å². The number of piperazine rings is 1. The Balaban J connectivity index is 1.20. The molecule has 2 amide bonds. The molecule has 7 nitrogen and oxygen atoms in total. The van der Waals surface area contributed by atoms with Gasteiger partial charge in [-0.15, -0.1) is 0 Å². The molecule has 0 bridgehead atoms. The van der Waals surface area contributed by atoms with Crippen LogP contribution >= 0.6 is 0 Å². The standard InChI is InChI=1S/C27H29N5O2/c1-20-18-32(19-29-20)25-11-10-23(16-26(25)34-2)30-12-14-31(15-13-30)27(33)28-17-22-8-5-7-21-6-3-4-9-24(21)22/h3-11,16,18-19H,12-15,17H2,1-2H3,(H,28,33). The highest BCUT2D eigenvalue weighted by molar-refractivity contribution is 5.86. The van der Waals surface area contributed by atoms with E-state index < -0.39 is 0 Å². The number of imidazole rings is 1. The number of carbonyl (C=O) groups excluding carboxylic acids is 1. The van der Waals surface area contributed by atoms with E-state index in [1.54, 1.807) is 13.4 Å². The average Bonchev–Trinajstić information content (AvgIpc) is 3.33. The molecule has 0 spiro atoms. The molecule has 174 valence electrons. The van der Waals surface area contributed by atoms with Gasteiger partial charge in [0.05, 0.1) is 24.8 Å². The summed E-state index contributed by atoms with van der Waals surface area (Å²) in [7, 11) is 1.69. The van der Waals surface area contributed by atoms with E-state index in [0.29, 0.717) is 19.6 Å². The first kappa shape index (κ1) is 21.8. The van der Waals surface area contributed by atoms with Gasteiger partial charge >= 0.3 is 6.03 Å². The van der Waals surface area contributed by atoms with Gasteiger partial charge in [0.2, 0.25) is 0 Å². The molecule has 0 radical (unpaired) electrons. The number of urea groups is 1. The highest BCUT2D eigenvalue weighted by Gasteiger charge is 2.22. The number of aryl methyl sites for hydroxylation is 1. The van der Waals surface area contributed by atoms with Gasteiger partial charge in [0.1, 0.15) is 5.75 Å². The van der Waals surface area contributed by atoms with Gasteiger partial charge in [-0.05, 0) is 35.4 Å². The van der Waals surface area contributed by atoms with Crippen molar-refractivity contribution in [2.45, 2.75) is 13.5 Å². The van der Waals surface area contributed by atoms with Crippen LogP contribution in [0.15, 0.2) is 73.2 Å². The Kier molecular flexibility index (Phi) is 6.08. The molecular weight excluding hydrogens is 426 g/mol. The summed E-state index contributed by atoms with van der Waals surface area (Å²) in [5.74, 6) is 0.796. The molecule has 1 saturated heterocycles. The van der Waals surface area contributed by atoms with Gasteiger partial charge in [-0.2, -0.15) is 0 Å². The smallest absolute Gasteiger partial charge is 0.317 e. The Hall–Kier alpha value is -4.00. The fraction of sp³-hybridized carbons (Fsp3) is 0.259. The zero-order valence-corrected chi connectivity index (χ0v) is 19.6. The van der Waals surface area contributed by atoms with Crippen molar-refractivity contribution >= 4 is 22.5 Å². The fourth-order valence-electron chi connectivity index (χ4n) is 4.53. The summed E-state index contributed by atoms with van der Waals surface area (Å²) >= 11 is 0. The lowest BCUT2D eigenvalue weighted by molar-refractivity contribution is 0.194. The fourth-order valence-corrected chi connectivity index (χ4v) is 4.53. The van der Waals surface area contributed by atoms with Crippen LogP contribution in [0.3, 0.4) is 0 Å². The molecule has 4 aromatic rings. The second-order valence-electron chi connectivity index (χ2n) is 8.55. The first-order valence-corrected chi connectivity index (χ1v) is 11.6. The topological polar surface area (TPSA) is 62.6 Å². The van der Waals surface area contributed by atoms with Crippen molar-refractivity contribution in [3.05, 3.63) is 84.4 Å². The predicted octanol–water partition coefficient (Wildman–Crippen LogP) is 4.37. The number of fused-ring (bicyclic) bond motifs is 1. The molecule has 0 saturated carbocycles. The zero-order valence-electron chi connectivity index (χ0n) is 19.6. The van der Waals surface area contributed by atoms with Crippen LogP contribution in [0.1, 0.15) is 11.3 Å². The van der Waals surface area contributed by atoms with E-state index in [2.05, 4.69) is 57.7 Å². The third-order valence-corrected chi connectivity index (χ3v) is 6.40. The lowest BCUT2D eigenvalue weighted by Crippen LogP contribution is -2.51. The summed E-state index contributed by atoms with van der Waals surface area (Å²) in [5.41, 5.74) is 4.14. The maximum atomic E-state index is 12.8. The number of nitrogens with one attached hydrogen (secondary N) is 1. The maximum absolute atomic E-state index is 12.8.